The van der Waals surface area contributed by atoms with Crippen molar-refractivity contribution in [3.05, 3.63) is 80.8 Å². The third-order valence-electron chi connectivity index (χ3n) is 4.32. The first kappa shape index (κ1) is 19.1. The third kappa shape index (κ3) is 3.89. The van der Waals surface area contributed by atoms with Gasteiger partial charge in [-0.15, -0.1) is 0 Å². The number of benzene rings is 1. The van der Waals surface area contributed by atoms with Crippen LogP contribution in [0.4, 0.5) is 0 Å². The molecule has 1 N–H and O–H groups in total. The number of hydrogen-bond acceptors (Lipinski definition) is 3. The number of rotatable bonds is 4. The molecule has 27 heavy (non-hydrogen) atoms. The Morgan fingerprint density at radius 1 is 1.19 bits per heavy atom. The fraction of sp³-hybridized carbons (Fsp3) is 0.150. The molecule has 0 aliphatic rings. The standard InChI is InChI=1S/C20H18Cl2N4O/c1-12-10-15(11-24-25-20(27)16-6-5-9-23-19(16)22)14(3)26(12)18-8-4-7-17(21)13(18)2/h4-11H,1-3H3,(H,25,27). The molecule has 0 saturated carbocycles. The summed E-state index contributed by atoms with van der Waals surface area (Å²) in [5, 5.41) is 4.91. The number of halogens is 2. The van der Waals surface area contributed by atoms with Crippen molar-refractivity contribution < 1.29 is 4.79 Å². The quantitative estimate of drug-likeness (QED) is 0.385. The van der Waals surface area contributed by atoms with Gasteiger partial charge in [-0.2, -0.15) is 5.10 Å². The van der Waals surface area contributed by atoms with Crippen LogP contribution in [0.25, 0.3) is 5.69 Å². The number of hydrazone groups is 1. The molecule has 0 saturated heterocycles. The lowest BCUT2D eigenvalue weighted by molar-refractivity contribution is 0.0955. The Bertz CT molecular complexity index is 1040. The van der Waals surface area contributed by atoms with Gasteiger partial charge in [-0.05, 0) is 56.7 Å². The second-order valence-corrected chi connectivity index (χ2v) is 6.85. The molecule has 7 heteroatoms. The largest absolute Gasteiger partial charge is 0.318 e. The molecule has 0 spiro atoms. The van der Waals surface area contributed by atoms with E-state index in [1.165, 1.54) is 6.20 Å². The van der Waals surface area contributed by atoms with Crippen molar-refractivity contribution >= 4 is 35.3 Å². The van der Waals surface area contributed by atoms with Gasteiger partial charge in [0.1, 0.15) is 5.15 Å². The predicted octanol–water partition coefficient (Wildman–Crippen LogP) is 4.87. The van der Waals surface area contributed by atoms with E-state index in [9.17, 15) is 4.79 Å². The lowest BCUT2D eigenvalue weighted by Gasteiger charge is -2.13. The molecule has 2 heterocycles. The molecule has 0 bridgehead atoms. The Balaban J connectivity index is 1.85. The van der Waals surface area contributed by atoms with Gasteiger partial charge >= 0.3 is 0 Å². The maximum absolute atomic E-state index is 12.1. The van der Waals surface area contributed by atoms with Gasteiger partial charge < -0.3 is 4.57 Å². The lowest BCUT2D eigenvalue weighted by atomic mass is 10.2. The Labute approximate surface area is 167 Å². The number of nitrogens with one attached hydrogen (secondary N) is 1. The first-order chi connectivity index (χ1) is 12.9. The van der Waals surface area contributed by atoms with E-state index < -0.39 is 5.91 Å². The Kier molecular flexibility index (Phi) is 5.63. The van der Waals surface area contributed by atoms with Crippen LogP contribution in [-0.4, -0.2) is 21.7 Å². The number of aryl methyl sites for hydroxylation is 1. The highest BCUT2D eigenvalue weighted by molar-refractivity contribution is 6.32. The second-order valence-electron chi connectivity index (χ2n) is 6.09. The molecule has 1 amide bonds. The maximum Gasteiger partial charge on any atom is 0.274 e. The van der Waals surface area contributed by atoms with Gasteiger partial charge in [0.2, 0.25) is 0 Å². The van der Waals surface area contributed by atoms with E-state index in [2.05, 4.69) is 20.1 Å². The van der Waals surface area contributed by atoms with Crippen LogP contribution in [-0.2, 0) is 0 Å². The topological polar surface area (TPSA) is 59.3 Å². The zero-order valence-corrected chi connectivity index (χ0v) is 16.6. The highest BCUT2D eigenvalue weighted by Crippen LogP contribution is 2.26. The van der Waals surface area contributed by atoms with Crippen LogP contribution in [0.3, 0.4) is 0 Å². The summed E-state index contributed by atoms with van der Waals surface area (Å²) < 4.78 is 2.11. The van der Waals surface area contributed by atoms with Gasteiger partial charge in [0.15, 0.2) is 0 Å². The number of hydrogen-bond donors (Lipinski definition) is 1. The Morgan fingerprint density at radius 2 is 1.96 bits per heavy atom. The van der Waals surface area contributed by atoms with Crippen LogP contribution in [0.1, 0.15) is 32.9 Å². The van der Waals surface area contributed by atoms with E-state index in [1.54, 1.807) is 18.3 Å². The van der Waals surface area contributed by atoms with Gasteiger partial charge in [0, 0.05) is 33.9 Å². The molecule has 138 valence electrons. The minimum absolute atomic E-state index is 0.139. The van der Waals surface area contributed by atoms with E-state index in [0.29, 0.717) is 0 Å². The Hall–Kier alpha value is -2.63. The number of amides is 1. The van der Waals surface area contributed by atoms with E-state index in [1.807, 2.05) is 45.0 Å². The molecule has 1 aromatic carbocycles. The fourth-order valence-electron chi connectivity index (χ4n) is 2.90. The fourth-order valence-corrected chi connectivity index (χ4v) is 3.28. The molecule has 2 aromatic heterocycles. The van der Waals surface area contributed by atoms with Crippen LogP contribution >= 0.6 is 23.2 Å². The van der Waals surface area contributed by atoms with Crippen molar-refractivity contribution in [3.8, 4) is 5.69 Å². The smallest absolute Gasteiger partial charge is 0.274 e. The average Bonchev–Trinajstić information content (AvgIpc) is 2.91. The number of pyridine rings is 1. The summed E-state index contributed by atoms with van der Waals surface area (Å²) in [5.74, 6) is -0.413. The average molecular weight is 401 g/mol. The van der Waals surface area contributed by atoms with E-state index in [0.717, 1.165) is 33.2 Å². The molecule has 0 aliphatic heterocycles. The van der Waals surface area contributed by atoms with Crippen LogP contribution in [0.15, 0.2) is 47.7 Å². The minimum atomic E-state index is -0.413. The molecule has 0 radical (unpaired) electrons. The SMILES string of the molecule is Cc1c(Cl)cccc1-n1c(C)cc(C=NNC(=O)c2cccnc2Cl)c1C. The molecule has 5 nitrogen and oxygen atoms in total. The predicted molar refractivity (Wildman–Crippen MR) is 109 cm³/mol. The monoisotopic (exact) mass is 400 g/mol. The summed E-state index contributed by atoms with van der Waals surface area (Å²) in [4.78, 5) is 16.0. The van der Waals surface area contributed by atoms with Crippen LogP contribution in [0.2, 0.25) is 10.2 Å². The minimum Gasteiger partial charge on any atom is -0.318 e. The van der Waals surface area contributed by atoms with Crippen molar-refractivity contribution in [2.24, 2.45) is 5.10 Å². The van der Waals surface area contributed by atoms with Gasteiger partial charge in [0.25, 0.3) is 5.91 Å². The summed E-state index contributed by atoms with van der Waals surface area (Å²) in [7, 11) is 0. The molecule has 0 fully saturated rings. The van der Waals surface area contributed by atoms with Crippen LogP contribution in [0, 0.1) is 20.8 Å². The summed E-state index contributed by atoms with van der Waals surface area (Å²) in [6.07, 6.45) is 3.13. The molecule has 3 aromatic rings. The van der Waals surface area contributed by atoms with Crippen molar-refractivity contribution in [2.45, 2.75) is 20.8 Å². The molecule has 0 atom stereocenters. The first-order valence-corrected chi connectivity index (χ1v) is 9.04. The van der Waals surface area contributed by atoms with Gasteiger partial charge in [-0.25, -0.2) is 10.4 Å². The number of carbonyl (C=O) groups excluding carboxylic acids is 1. The molecule has 3 rings (SSSR count). The van der Waals surface area contributed by atoms with Gasteiger partial charge in [-0.3, -0.25) is 4.79 Å². The second kappa shape index (κ2) is 7.94. The van der Waals surface area contributed by atoms with Gasteiger partial charge in [0.05, 0.1) is 11.8 Å². The molecule has 0 unspecified atom stereocenters. The molecule has 0 aliphatic carbocycles. The molecular weight excluding hydrogens is 383 g/mol. The van der Waals surface area contributed by atoms with Crippen LogP contribution in [0.5, 0.6) is 0 Å². The van der Waals surface area contributed by atoms with E-state index in [-0.39, 0.29) is 10.7 Å². The van der Waals surface area contributed by atoms with Crippen molar-refractivity contribution in [3.63, 3.8) is 0 Å². The van der Waals surface area contributed by atoms with Crippen LogP contribution < -0.4 is 5.43 Å². The highest BCUT2D eigenvalue weighted by Gasteiger charge is 2.13. The number of carbonyl (C=O) groups is 1. The summed E-state index contributed by atoms with van der Waals surface area (Å²) in [6, 6.07) is 11.1. The lowest BCUT2D eigenvalue weighted by Crippen LogP contribution is -2.18. The molecular formula is C20H18Cl2N4O. The zero-order chi connectivity index (χ0) is 19.6. The van der Waals surface area contributed by atoms with Gasteiger partial charge in [-0.1, -0.05) is 29.3 Å². The number of aromatic nitrogens is 2. The zero-order valence-electron chi connectivity index (χ0n) is 15.1. The first-order valence-electron chi connectivity index (χ1n) is 8.28. The summed E-state index contributed by atoms with van der Waals surface area (Å²) >= 11 is 12.2. The van der Waals surface area contributed by atoms with Crippen molar-refractivity contribution in [1.82, 2.24) is 15.0 Å². The summed E-state index contributed by atoms with van der Waals surface area (Å²) in [5.41, 5.74) is 7.71. The van der Waals surface area contributed by atoms with E-state index in [4.69, 9.17) is 23.2 Å². The Morgan fingerprint density at radius 3 is 2.70 bits per heavy atom. The van der Waals surface area contributed by atoms with Crippen molar-refractivity contribution in [2.75, 3.05) is 0 Å². The summed E-state index contributed by atoms with van der Waals surface area (Å²) in [6.45, 7) is 6.00. The van der Waals surface area contributed by atoms with E-state index >= 15 is 0 Å². The maximum atomic E-state index is 12.1. The van der Waals surface area contributed by atoms with Crippen molar-refractivity contribution in [1.29, 1.82) is 0 Å². The highest BCUT2D eigenvalue weighted by atomic mass is 35.5. The number of nitrogens with zero attached hydrogens (tertiary/aromatic N) is 3. The normalized spacial score (nSPS) is 11.1. The third-order valence-corrected chi connectivity index (χ3v) is 5.03.